The average molecular weight is 179 g/mol. The van der Waals surface area contributed by atoms with Crippen LogP contribution >= 0.6 is 24.4 Å². The summed E-state index contributed by atoms with van der Waals surface area (Å²) in [7, 11) is 0. The molecule has 5 heteroatoms. The fourth-order valence-corrected chi connectivity index (χ4v) is 0. The maximum absolute atomic E-state index is 9.90. The highest BCUT2D eigenvalue weighted by molar-refractivity contribution is 7.93. The summed E-state index contributed by atoms with van der Waals surface area (Å²) in [5.74, 6) is -0.979. The van der Waals surface area contributed by atoms with Gasteiger partial charge in [-0.15, -0.1) is 0 Å². The van der Waals surface area contributed by atoms with Crippen molar-refractivity contribution in [2.45, 2.75) is 19.4 Å². The van der Waals surface area contributed by atoms with E-state index in [1.54, 1.807) is 0 Å². The first-order valence-corrected chi connectivity index (χ1v) is 3.19. The Labute approximate surface area is 70.2 Å². The zero-order valence-electron chi connectivity index (χ0n) is 5.75. The zero-order chi connectivity index (χ0) is 8.78. The van der Waals surface area contributed by atoms with E-state index in [0.29, 0.717) is 0 Å². The smallest absolute Gasteiger partial charge is 0.323 e. The van der Waals surface area contributed by atoms with Crippen molar-refractivity contribution in [3.63, 3.8) is 0 Å². The van der Waals surface area contributed by atoms with Crippen LogP contribution in [0.5, 0.6) is 0 Å². The van der Waals surface area contributed by atoms with Gasteiger partial charge in [0.25, 0.3) is 0 Å². The second-order valence-corrected chi connectivity index (χ2v) is 2.78. The molecule has 0 aromatic heterocycles. The topological polar surface area (TPSA) is 63.3 Å². The summed E-state index contributed by atoms with van der Waals surface area (Å²) in [6.45, 7) is 2.88. The summed E-state index contributed by atoms with van der Waals surface area (Å²) in [5.41, 5.74) is 4.00. The zero-order valence-corrected chi connectivity index (χ0v) is 7.38. The van der Waals surface area contributed by atoms with Crippen LogP contribution in [0.2, 0.25) is 0 Å². The van der Waals surface area contributed by atoms with E-state index in [-0.39, 0.29) is 0 Å². The third-order valence-corrected chi connectivity index (χ3v) is 0.551. The lowest BCUT2D eigenvalue weighted by Crippen LogP contribution is -2.41. The van der Waals surface area contributed by atoms with Crippen LogP contribution < -0.4 is 5.73 Å². The van der Waals surface area contributed by atoms with Gasteiger partial charge in [-0.1, -0.05) is 0 Å². The lowest BCUT2D eigenvalue weighted by molar-refractivity contribution is -0.141. The predicted molar refractivity (Wildman–Crippen MR) is 46.1 cm³/mol. The number of rotatable bonds is 1. The molecule has 0 bridgehead atoms. The number of carboxylic acids is 1. The van der Waals surface area contributed by atoms with E-state index in [9.17, 15) is 4.79 Å². The summed E-state index contributed by atoms with van der Waals surface area (Å²) in [5, 5.41) is 8.12. The van der Waals surface area contributed by atoms with Gasteiger partial charge in [-0.2, -0.15) is 0 Å². The van der Waals surface area contributed by atoms with Crippen molar-refractivity contribution in [2.75, 3.05) is 0 Å². The first kappa shape index (κ1) is 12.3. The molecule has 0 aliphatic carbocycles. The minimum atomic E-state index is -1.08. The minimum absolute atomic E-state index is 0.979. The second-order valence-electron chi connectivity index (χ2n) is 2.11. The van der Waals surface area contributed by atoms with E-state index in [1.807, 2.05) is 4.31 Å². The van der Waals surface area contributed by atoms with Crippen molar-refractivity contribution >= 4 is 34.7 Å². The molecule has 0 saturated carbocycles. The number of nitrogens with two attached hydrogens (primary N) is 1. The molecule has 0 amide bonds. The quantitative estimate of drug-likeness (QED) is 0.584. The first-order chi connectivity index (χ1) is 4.36. The molecule has 0 aliphatic heterocycles. The average Bonchev–Trinajstić information content (AvgIpc) is 1.64. The van der Waals surface area contributed by atoms with Crippen LogP contribution in [0.15, 0.2) is 0 Å². The summed E-state index contributed by atoms with van der Waals surface area (Å²) in [4.78, 5) is 9.90. The van der Waals surface area contributed by atoms with E-state index in [0.717, 1.165) is 0 Å². The third kappa shape index (κ3) is 10.6. The van der Waals surface area contributed by atoms with Gasteiger partial charge in [-0.25, -0.2) is 0 Å². The Bertz CT molecular complexity index is 144. The molecule has 0 fully saturated rings. The minimum Gasteiger partial charge on any atom is -0.480 e. The molecule has 0 aromatic carbocycles. The SMILES string of the molecule is CC(C)(N)C(=O)O.S=C=S. The summed E-state index contributed by atoms with van der Waals surface area (Å²) < 4.78 is 1.92. The highest BCUT2D eigenvalue weighted by Gasteiger charge is 2.19. The fourth-order valence-electron chi connectivity index (χ4n) is 0. The molecule has 3 nitrogen and oxygen atoms in total. The maximum atomic E-state index is 9.90. The molecule has 10 heavy (non-hydrogen) atoms. The molecule has 0 atom stereocenters. The van der Waals surface area contributed by atoms with Gasteiger partial charge in [0.2, 0.25) is 0 Å². The molecule has 0 aliphatic rings. The van der Waals surface area contributed by atoms with Gasteiger partial charge in [0.05, 0.1) is 0 Å². The van der Waals surface area contributed by atoms with Crippen molar-refractivity contribution in [2.24, 2.45) is 5.73 Å². The van der Waals surface area contributed by atoms with E-state index in [1.165, 1.54) is 13.8 Å². The van der Waals surface area contributed by atoms with Crippen LogP contribution in [-0.4, -0.2) is 20.9 Å². The van der Waals surface area contributed by atoms with Crippen molar-refractivity contribution in [3.05, 3.63) is 0 Å². The third-order valence-electron chi connectivity index (χ3n) is 0.551. The Kier molecular flexibility index (Phi) is 6.71. The van der Waals surface area contributed by atoms with Gasteiger partial charge in [-0.3, -0.25) is 4.79 Å². The molecule has 0 aromatic rings. The number of aliphatic carboxylic acids is 1. The summed E-state index contributed by atoms with van der Waals surface area (Å²) >= 11 is 7.92. The number of thiocarbonyl (C=S) groups is 2. The standard InChI is InChI=1S/C4H9NO2.CS2/c1-4(2,5)3(6)7;2-1-3/h5H2,1-2H3,(H,6,7);. The van der Waals surface area contributed by atoms with Crippen molar-refractivity contribution in [1.82, 2.24) is 0 Å². The number of carbonyl (C=O) groups is 1. The Hall–Kier alpha value is -0.350. The molecule has 0 unspecified atom stereocenters. The van der Waals surface area contributed by atoms with E-state index < -0.39 is 11.5 Å². The van der Waals surface area contributed by atoms with Gasteiger partial charge in [0, 0.05) is 4.31 Å². The Morgan fingerprint density at radius 2 is 1.70 bits per heavy atom. The van der Waals surface area contributed by atoms with Crippen LogP contribution in [0.4, 0.5) is 0 Å². The van der Waals surface area contributed by atoms with E-state index in [2.05, 4.69) is 24.4 Å². The predicted octanol–water partition coefficient (Wildman–Crippen LogP) is 0.826. The maximum Gasteiger partial charge on any atom is 0.323 e. The molecular weight excluding hydrogens is 170 g/mol. The second kappa shape index (κ2) is 5.44. The van der Waals surface area contributed by atoms with Crippen LogP contribution in [0.3, 0.4) is 0 Å². The van der Waals surface area contributed by atoms with Crippen molar-refractivity contribution in [1.29, 1.82) is 0 Å². The highest BCUT2D eigenvalue weighted by Crippen LogP contribution is 1.93. The van der Waals surface area contributed by atoms with Crippen LogP contribution in [0.1, 0.15) is 13.8 Å². The van der Waals surface area contributed by atoms with Gasteiger partial charge >= 0.3 is 5.97 Å². The number of carboxylic acid groups (broad SMARTS) is 1. The number of hydrogen-bond donors (Lipinski definition) is 2. The lowest BCUT2D eigenvalue weighted by Gasteiger charge is -2.09. The summed E-state index contributed by atoms with van der Waals surface area (Å²) in [6, 6.07) is 0. The van der Waals surface area contributed by atoms with Gasteiger partial charge in [-0.05, 0) is 38.3 Å². The molecule has 0 saturated heterocycles. The Morgan fingerprint density at radius 1 is 1.60 bits per heavy atom. The summed E-state index contributed by atoms with van der Waals surface area (Å²) in [6.07, 6.45) is 0. The molecular formula is C5H9NO2S2. The molecule has 0 heterocycles. The monoisotopic (exact) mass is 179 g/mol. The number of hydrogen-bond acceptors (Lipinski definition) is 4. The molecule has 3 N–H and O–H groups in total. The van der Waals surface area contributed by atoms with Crippen molar-refractivity contribution < 1.29 is 9.90 Å². The molecule has 0 radical (unpaired) electrons. The first-order valence-electron chi connectivity index (χ1n) is 2.37. The normalized spacial score (nSPS) is 8.70. The van der Waals surface area contributed by atoms with Crippen LogP contribution in [-0.2, 0) is 4.79 Å². The lowest BCUT2D eigenvalue weighted by atomic mass is 10.1. The molecule has 58 valence electrons. The van der Waals surface area contributed by atoms with Gasteiger partial charge in [0.15, 0.2) is 0 Å². The van der Waals surface area contributed by atoms with E-state index in [4.69, 9.17) is 10.8 Å². The Balaban J connectivity index is 0. The van der Waals surface area contributed by atoms with Crippen molar-refractivity contribution in [3.8, 4) is 0 Å². The van der Waals surface area contributed by atoms with Crippen LogP contribution in [0, 0.1) is 0 Å². The fraction of sp³-hybridized carbons (Fsp3) is 0.600. The highest BCUT2D eigenvalue weighted by atomic mass is 32.1. The molecule has 0 spiro atoms. The van der Waals surface area contributed by atoms with Crippen LogP contribution in [0.25, 0.3) is 0 Å². The molecule has 0 rings (SSSR count). The van der Waals surface area contributed by atoms with Gasteiger partial charge in [0.1, 0.15) is 5.54 Å². The van der Waals surface area contributed by atoms with E-state index >= 15 is 0 Å². The Morgan fingerprint density at radius 3 is 1.70 bits per heavy atom. The largest absolute Gasteiger partial charge is 0.480 e. The van der Waals surface area contributed by atoms with Gasteiger partial charge < -0.3 is 10.8 Å².